The van der Waals surface area contributed by atoms with Crippen molar-refractivity contribution in [2.45, 2.75) is 0 Å². The molecule has 0 aliphatic rings. The first-order valence-corrected chi connectivity index (χ1v) is 4.26. The number of benzene rings is 1. The van der Waals surface area contributed by atoms with Crippen molar-refractivity contribution < 1.29 is 14.1 Å². The molecule has 1 aromatic carbocycles. The highest BCUT2D eigenvalue weighted by Crippen LogP contribution is 2.20. The van der Waals surface area contributed by atoms with Gasteiger partial charge in [-0.3, -0.25) is 20.8 Å². The molecule has 1 rings (SSSR count). The molecule has 2 amide bonds. The molecule has 1 aromatic rings. The number of nitrogens with one attached hydrogen (secondary N) is 3. The van der Waals surface area contributed by atoms with E-state index in [0.717, 1.165) is 12.1 Å². The Hall–Kier alpha value is -2.71. The number of urea groups is 1. The van der Waals surface area contributed by atoms with Crippen LogP contribution in [0.1, 0.15) is 0 Å². The number of hydrogen-bond donors (Lipinski definition) is 4. The lowest BCUT2D eigenvalue weighted by molar-refractivity contribution is -0.385. The monoisotopic (exact) mass is 241 g/mol. The molecular formula is C8H8FN5O3. The molecule has 0 bridgehead atoms. The minimum Gasteiger partial charge on any atom is -0.351 e. The number of nitrogens with two attached hydrogens (primary N) is 1. The molecule has 0 fully saturated rings. The molecule has 0 radical (unpaired) electrons. The number of carbonyl (C=O) groups is 1. The van der Waals surface area contributed by atoms with Gasteiger partial charge < -0.3 is 11.1 Å². The number of nitro groups is 1. The van der Waals surface area contributed by atoms with Crippen LogP contribution in [0.25, 0.3) is 0 Å². The summed E-state index contributed by atoms with van der Waals surface area (Å²) in [4.78, 5) is 20.0. The standard InChI is InChI=1S/C8H8FN5O3/c9-5-3-4(14(16)17)1-2-6(5)12-7(10)13-8(11)15/h1-3H,(H5,10,11,12,13,15). The molecule has 0 heterocycles. The highest BCUT2D eigenvalue weighted by atomic mass is 19.1. The predicted molar refractivity (Wildman–Crippen MR) is 57.1 cm³/mol. The number of anilines is 1. The van der Waals surface area contributed by atoms with Crippen molar-refractivity contribution in [2.24, 2.45) is 5.73 Å². The van der Waals surface area contributed by atoms with E-state index in [1.165, 1.54) is 0 Å². The fraction of sp³-hybridized carbons (Fsp3) is 0. The first kappa shape index (κ1) is 12.4. The molecule has 0 aliphatic carbocycles. The van der Waals surface area contributed by atoms with E-state index in [2.05, 4.69) is 5.32 Å². The molecule has 0 saturated heterocycles. The molecule has 0 spiro atoms. The lowest BCUT2D eigenvalue weighted by atomic mass is 10.2. The number of rotatable bonds is 2. The van der Waals surface area contributed by atoms with Gasteiger partial charge in [-0.1, -0.05) is 0 Å². The Kier molecular flexibility index (Phi) is 3.55. The molecule has 0 aliphatic heterocycles. The van der Waals surface area contributed by atoms with E-state index in [9.17, 15) is 19.3 Å². The number of halogens is 1. The van der Waals surface area contributed by atoms with Crippen molar-refractivity contribution in [3.8, 4) is 0 Å². The summed E-state index contributed by atoms with van der Waals surface area (Å²) in [6.45, 7) is 0. The maximum absolute atomic E-state index is 13.3. The summed E-state index contributed by atoms with van der Waals surface area (Å²) in [5.74, 6) is -1.46. The summed E-state index contributed by atoms with van der Waals surface area (Å²) in [6, 6.07) is 1.85. The van der Waals surface area contributed by atoms with Crippen LogP contribution in [0.4, 0.5) is 20.6 Å². The van der Waals surface area contributed by atoms with E-state index in [1.54, 1.807) is 0 Å². The van der Waals surface area contributed by atoms with E-state index in [0.29, 0.717) is 6.07 Å². The summed E-state index contributed by atoms with van der Waals surface area (Å²) in [5.41, 5.74) is 4.13. The van der Waals surface area contributed by atoms with Gasteiger partial charge in [0.25, 0.3) is 5.69 Å². The Morgan fingerprint density at radius 2 is 2.18 bits per heavy atom. The molecule has 17 heavy (non-hydrogen) atoms. The number of nitrogens with zero attached hydrogens (tertiary/aromatic N) is 1. The van der Waals surface area contributed by atoms with E-state index >= 15 is 0 Å². The molecule has 0 aromatic heterocycles. The van der Waals surface area contributed by atoms with Crippen LogP contribution in [0.3, 0.4) is 0 Å². The van der Waals surface area contributed by atoms with Gasteiger partial charge in [-0.2, -0.15) is 0 Å². The van der Waals surface area contributed by atoms with Gasteiger partial charge in [0.2, 0.25) is 5.96 Å². The average Bonchev–Trinajstić information content (AvgIpc) is 2.19. The van der Waals surface area contributed by atoms with Crippen molar-refractivity contribution in [1.29, 1.82) is 5.41 Å². The lowest BCUT2D eigenvalue weighted by Crippen LogP contribution is -2.38. The number of carbonyl (C=O) groups excluding carboxylic acids is 1. The third-order valence-corrected chi connectivity index (χ3v) is 1.67. The zero-order chi connectivity index (χ0) is 13.0. The van der Waals surface area contributed by atoms with Gasteiger partial charge in [0.15, 0.2) is 5.82 Å². The van der Waals surface area contributed by atoms with Gasteiger partial charge in [0.05, 0.1) is 16.7 Å². The van der Waals surface area contributed by atoms with Crippen LogP contribution in [0, 0.1) is 21.3 Å². The lowest BCUT2D eigenvalue weighted by Gasteiger charge is -2.08. The third kappa shape index (κ3) is 3.41. The Morgan fingerprint density at radius 3 is 2.65 bits per heavy atom. The van der Waals surface area contributed by atoms with Crippen LogP contribution in [0.2, 0.25) is 0 Å². The average molecular weight is 241 g/mol. The molecule has 0 saturated carbocycles. The van der Waals surface area contributed by atoms with E-state index in [1.807, 2.05) is 5.32 Å². The largest absolute Gasteiger partial charge is 0.351 e. The highest BCUT2D eigenvalue weighted by Gasteiger charge is 2.11. The third-order valence-electron chi connectivity index (χ3n) is 1.67. The van der Waals surface area contributed by atoms with Crippen molar-refractivity contribution in [3.05, 3.63) is 34.1 Å². The van der Waals surface area contributed by atoms with Gasteiger partial charge in [-0.15, -0.1) is 0 Å². The summed E-state index contributed by atoms with van der Waals surface area (Å²) in [5, 5.41) is 21.6. The first-order valence-electron chi connectivity index (χ1n) is 4.26. The molecule has 0 unspecified atom stereocenters. The van der Waals surface area contributed by atoms with Crippen molar-refractivity contribution in [3.63, 3.8) is 0 Å². The quantitative estimate of drug-likeness (QED) is 0.263. The molecular weight excluding hydrogens is 233 g/mol. The highest BCUT2D eigenvalue weighted by molar-refractivity contribution is 6.01. The van der Waals surface area contributed by atoms with E-state index in [-0.39, 0.29) is 5.69 Å². The van der Waals surface area contributed by atoms with Crippen LogP contribution in [0.5, 0.6) is 0 Å². The number of hydrogen-bond acceptors (Lipinski definition) is 4. The van der Waals surface area contributed by atoms with Crippen molar-refractivity contribution >= 4 is 23.4 Å². The molecule has 9 heteroatoms. The Bertz CT molecular complexity index is 490. The number of guanidine groups is 1. The fourth-order valence-corrected chi connectivity index (χ4v) is 1.01. The van der Waals surface area contributed by atoms with Crippen LogP contribution < -0.4 is 16.4 Å². The minimum atomic E-state index is -0.982. The topological polar surface area (TPSA) is 134 Å². The Labute approximate surface area is 94.3 Å². The van der Waals surface area contributed by atoms with Crippen LogP contribution in [-0.2, 0) is 0 Å². The number of non-ortho nitro benzene ring substituents is 1. The van der Waals surface area contributed by atoms with E-state index < -0.39 is 28.4 Å². The van der Waals surface area contributed by atoms with Gasteiger partial charge in [0.1, 0.15) is 0 Å². The Balaban J connectivity index is 2.83. The minimum absolute atomic E-state index is 0.186. The van der Waals surface area contributed by atoms with Crippen LogP contribution >= 0.6 is 0 Å². The maximum Gasteiger partial charge on any atom is 0.318 e. The predicted octanol–water partition coefficient (Wildman–Crippen LogP) is 0.749. The van der Waals surface area contributed by atoms with Gasteiger partial charge in [0, 0.05) is 6.07 Å². The molecule has 5 N–H and O–H groups in total. The molecule has 90 valence electrons. The summed E-state index contributed by atoms with van der Waals surface area (Å²) in [6.07, 6.45) is 0. The summed E-state index contributed by atoms with van der Waals surface area (Å²) < 4.78 is 13.3. The molecule has 0 atom stereocenters. The number of primary amides is 1. The van der Waals surface area contributed by atoms with Crippen LogP contribution in [0.15, 0.2) is 18.2 Å². The van der Waals surface area contributed by atoms with Gasteiger partial charge in [-0.05, 0) is 6.07 Å². The normalized spacial score (nSPS) is 9.47. The second-order valence-electron chi connectivity index (χ2n) is 2.91. The second kappa shape index (κ2) is 4.88. The zero-order valence-electron chi connectivity index (χ0n) is 8.36. The summed E-state index contributed by atoms with van der Waals surface area (Å²) in [7, 11) is 0. The first-order chi connectivity index (χ1) is 7.90. The Morgan fingerprint density at radius 1 is 1.53 bits per heavy atom. The number of amides is 2. The fourth-order valence-electron chi connectivity index (χ4n) is 1.01. The number of nitro benzene ring substituents is 1. The second-order valence-corrected chi connectivity index (χ2v) is 2.91. The zero-order valence-corrected chi connectivity index (χ0v) is 8.36. The van der Waals surface area contributed by atoms with Gasteiger partial charge >= 0.3 is 6.03 Å². The SMILES string of the molecule is N=C(NC(N)=O)Nc1ccc([N+](=O)[O-])cc1F. The smallest absolute Gasteiger partial charge is 0.318 e. The molecule has 8 nitrogen and oxygen atoms in total. The van der Waals surface area contributed by atoms with Gasteiger partial charge in [-0.25, -0.2) is 9.18 Å². The maximum atomic E-state index is 13.3. The van der Waals surface area contributed by atoms with Crippen molar-refractivity contribution in [2.75, 3.05) is 5.32 Å². The van der Waals surface area contributed by atoms with Crippen LogP contribution in [-0.4, -0.2) is 16.9 Å². The van der Waals surface area contributed by atoms with E-state index in [4.69, 9.17) is 11.1 Å². The summed E-state index contributed by atoms with van der Waals surface area (Å²) >= 11 is 0. The van der Waals surface area contributed by atoms with Crippen molar-refractivity contribution in [1.82, 2.24) is 5.32 Å².